The van der Waals surface area contributed by atoms with Crippen molar-refractivity contribution in [1.82, 2.24) is 0 Å². The Morgan fingerprint density at radius 3 is 1.60 bits per heavy atom. The smallest absolute Gasteiger partial charge is 0.322 e. The molecule has 7 heteroatoms. The van der Waals surface area contributed by atoms with Crippen LogP contribution in [-0.2, 0) is 13.2 Å². The van der Waals surface area contributed by atoms with Crippen LogP contribution in [0.5, 0.6) is 0 Å². The highest BCUT2D eigenvalue weighted by molar-refractivity contribution is 8.09. The summed E-state index contributed by atoms with van der Waals surface area (Å²) in [6, 6.07) is 0. The minimum absolute atomic E-state index is 0.625. The third-order valence-corrected chi connectivity index (χ3v) is 3.03. The average Bonchev–Trinajstić information content (AvgIpc) is 2.17. The fraction of sp³-hybridized carbons (Fsp3) is 0.250. The lowest BCUT2D eigenvalue weighted by Gasteiger charge is -2.08. The Morgan fingerprint density at radius 1 is 1.07 bits per heavy atom. The van der Waals surface area contributed by atoms with E-state index in [0.29, 0.717) is 24.1 Å². The molecule has 0 rings (SSSR count). The van der Waals surface area contributed by atoms with Crippen molar-refractivity contribution >= 4 is 36.0 Å². The summed E-state index contributed by atoms with van der Waals surface area (Å²) in [7, 11) is 0. The second-order valence-corrected chi connectivity index (χ2v) is 4.19. The summed E-state index contributed by atoms with van der Waals surface area (Å²) < 4.78 is 4.79. The molecule has 0 radical (unpaired) electrons. The molecule has 15 heavy (non-hydrogen) atoms. The lowest BCUT2D eigenvalue weighted by Crippen LogP contribution is -2.15. The van der Waals surface area contributed by atoms with Crippen molar-refractivity contribution in [2.45, 2.75) is 10.5 Å². The molecule has 0 bridgehead atoms. The highest BCUT2D eigenvalue weighted by atomic mass is 32.2. The summed E-state index contributed by atoms with van der Waals surface area (Å²) in [5.74, 6) is -2.19. The summed E-state index contributed by atoms with van der Waals surface area (Å²) >= 11 is 1.25. The monoisotopic (exact) mass is 250 g/mol. The van der Waals surface area contributed by atoms with Gasteiger partial charge in [0.15, 0.2) is 0 Å². The van der Waals surface area contributed by atoms with Crippen LogP contribution in [0.4, 0.5) is 0 Å². The summed E-state index contributed by atoms with van der Waals surface area (Å²) in [5.41, 5.74) is 0. The van der Waals surface area contributed by atoms with Gasteiger partial charge in [0.2, 0.25) is 0 Å². The Hall–Kier alpha value is -0.920. The predicted molar refractivity (Wildman–Crippen MR) is 59.5 cm³/mol. The second kappa shape index (κ2) is 7.38. The number of hydrogen-bond donors (Lipinski definition) is 2. The zero-order valence-electron chi connectivity index (χ0n) is 7.66. The number of rotatable bonds is 8. The van der Waals surface area contributed by atoms with Crippen molar-refractivity contribution in [2.75, 3.05) is 0 Å². The molecular weight excluding hydrogens is 240 g/mol. The molecular formula is C8H10O5S2. The zero-order valence-corrected chi connectivity index (χ0v) is 9.29. The van der Waals surface area contributed by atoms with E-state index in [4.69, 9.17) is 13.8 Å². The first kappa shape index (κ1) is 14.1. The molecule has 0 aliphatic carbocycles. The Morgan fingerprint density at radius 2 is 1.40 bits per heavy atom. The summed E-state index contributed by atoms with van der Waals surface area (Å²) in [6.07, 6.45) is 2.38. The molecule has 0 saturated heterocycles. The van der Waals surface area contributed by atoms with Gasteiger partial charge in [0.05, 0.1) is 0 Å². The van der Waals surface area contributed by atoms with Gasteiger partial charge >= 0.3 is 11.9 Å². The van der Waals surface area contributed by atoms with Crippen LogP contribution in [0.2, 0.25) is 0 Å². The van der Waals surface area contributed by atoms with Crippen LogP contribution in [-0.4, -0.2) is 32.7 Å². The highest BCUT2D eigenvalue weighted by Gasteiger charge is 2.19. The molecule has 0 spiro atoms. The summed E-state index contributed by atoms with van der Waals surface area (Å²) in [4.78, 5) is 21.0. The quantitative estimate of drug-likeness (QED) is 0.499. The third-order valence-electron chi connectivity index (χ3n) is 1.20. The summed E-state index contributed by atoms with van der Waals surface area (Å²) in [6.45, 7) is 6.62. The molecule has 0 saturated carbocycles. The maximum absolute atomic E-state index is 10.5. The zero-order chi connectivity index (χ0) is 11.8. The molecule has 84 valence electrons. The highest BCUT2D eigenvalue weighted by Crippen LogP contribution is 2.25. The fourth-order valence-corrected chi connectivity index (χ4v) is 1.65. The second-order valence-electron chi connectivity index (χ2n) is 2.25. The van der Waals surface area contributed by atoms with E-state index >= 15 is 0 Å². The molecule has 0 aromatic rings. The molecule has 2 unspecified atom stereocenters. The molecule has 0 heterocycles. The van der Waals surface area contributed by atoms with Gasteiger partial charge in [-0.2, -0.15) is 0 Å². The average molecular weight is 250 g/mol. The van der Waals surface area contributed by atoms with Gasteiger partial charge in [0.1, 0.15) is 10.5 Å². The van der Waals surface area contributed by atoms with E-state index in [-0.39, 0.29) is 0 Å². The van der Waals surface area contributed by atoms with Gasteiger partial charge in [0.25, 0.3) is 0 Å². The molecule has 2 N–H and O–H groups in total. The van der Waals surface area contributed by atoms with Crippen molar-refractivity contribution in [3.63, 3.8) is 0 Å². The first-order valence-electron chi connectivity index (χ1n) is 3.72. The van der Waals surface area contributed by atoms with Crippen LogP contribution >= 0.6 is 24.1 Å². The standard InChI is InChI=1S/C8H10O5S2/c1-3-5(7(9)10)14-13-15-6(4-2)8(11)12/h3-6H,1-2H2,(H,9,10)(H,11,12). The predicted octanol–water partition coefficient (Wildman–Crippen LogP) is 1.58. The van der Waals surface area contributed by atoms with E-state index in [0.717, 1.165) is 0 Å². The van der Waals surface area contributed by atoms with E-state index in [9.17, 15) is 9.59 Å². The van der Waals surface area contributed by atoms with Gasteiger partial charge in [-0.3, -0.25) is 9.59 Å². The maximum atomic E-state index is 10.5. The molecule has 0 fully saturated rings. The van der Waals surface area contributed by atoms with Crippen molar-refractivity contribution in [3.05, 3.63) is 25.3 Å². The molecule has 0 amide bonds. The lowest BCUT2D eigenvalue weighted by molar-refractivity contribution is -0.136. The number of aliphatic carboxylic acids is 2. The van der Waals surface area contributed by atoms with Gasteiger partial charge in [-0.25, -0.2) is 3.63 Å². The van der Waals surface area contributed by atoms with Gasteiger partial charge in [0, 0.05) is 24.1 Å². The van der Waals surface area contributed by atoms with Gasteiger partial charge in [-0.1, -0.05) is 12.2 Å². The SMILES string of the molecule is C=CC(SOSC(C=C)C(=O)O)C(=O)O. The van der Waals surface area contributed by atoms with E-state index in [1.807, 2.05) is 0 Å². The molecule has 0 aromatic carbocycles. The van der Waals surface area contributed by atoms with E-state index in [1.54, 1.807) is 0 Å². The van der Waals surface area contributed by atoms with Gasteiger partial charge < -0.3 is 10.2 Å². The minimum Gasteiger partial charge on any atom is -0.480 e. The van der Waals surface area contributed by atoms with E-state index in [2.05, 4.69) is 13.2 Å². The topological polar surface area (TPSA) is 83.8 Å². The Balaban J connectivity index is 3.95. The van der Waals surface area contributed by atoms with Crippen LogP contribution in [0.25, 0.3) is 0 Å². The molecule has 5 nitrogen and oxygen atoms in total. The van der Waals surface area contributed by atoms with E-state index < -0.39 is 22.4 Å². The van der Waals surface area contributed by atoms with Crippen molar-refractivity contribution in [3.8, 4) is 0 Å². The maximum Gasteiger partial charge on any atom is 0.322 e. The van der Waals surface area contributed by atoms with E-state index in [1.165, 1.54) is 12.2 Å². The molecule has 2 atom stereocenters. The number of hydrogen-bond acceptors (Lipinski definition) is 5. The number of carbonyl (C=O) groups is 2. The molecule has 0 aliphatic heterocycles. The first-order valence-corrected chi connectivity index (χ1v) is 5.33. The van der Waals surface area contributed by atoms with Gasteiger partial charge in [-0.15, -0.1) is 13.2 Å². The summed E-state index contributed by atoms with van der Waals surface area (Å²) in [5, 5.41) is 15.3. The Kier molecular flexibility index (Phi) is 6.93. The van der Waals surface area contributed by atoms with Crippen molar-refractivity contribution < 1.29 is 23.4 Å². The molecule has 0 aliphatic rings. The number of carboxylic acids is 2. The van der Waals surface area contributed by atoms with Crippen molar-refractivity contribution in [2.24, 2.45) is 0 Å². The third kappa shape index (κ3) is 5.50. The molecule has 0 aromatic heterocycles. The van der Waals surface area contributed by atoms with Crippen LogP contribution in [0, 0.1) is 0 Å². The first-order chi connectivity index (χ1) is 7.02. The van der Waals surface area contributed by atoms with Crippen LogP contribution in [0.15, 0.2) is 25.3 Å². The lowest BCUT2D eigenvalue weighted by atomic mass is 10.4. The normalized spacial score (nSPS) is 13.9. The Bertz CT molecular complexity index is 240. The Labute approximate surface area is 95.6 Å². The largest absolute Gasteiger partial charge is 0.480 e. The van der Waals surface area contributed by atoms with Crippen LogP contribution in [0.3, 0.4) is 0 Å². The fourth-order valence-electron chi connectivity index (χ4n) is 0.470. The van der Waals surface area contributed by atoms with Gasteiger partial charge in [-0.05, 0) is 0 Å². The number of carboxylic acid groups (broad SMARTS) is 2. The van der Waals surface area contributed by atoms with Crippen LogP contribution in [0.1, 0.15) is 0 Å². The van der Waals surface area contributed by atoms with Crippen molar-refractivity contribution in [1.29, 1.82) is 0 Å². The van der Waals surface area contributed by atoms with Crippen LogP contribution < -0.4 is 0 Å². The minimum atomic E-state index is -1.10.